The second kappa shape index (κ2) is 9.36. The van der Waals surface area contributed by atoms with Crippen molar-refractivity contribution in [2.45, 2.75) is 11.0 Å². The molecule has 0 saturated carbocycles. The van der Waals surface area contributed by atoms with Gasteiger partial charge in [0.05, 0.1) is 25.1 Å². The Kier molecular flexibility index (Phi) is 6.40. The number of thiazole rings is 1. The summed E-state index contributed by atoms with van der Waals surface area (Å²) in [5.74, 6) is 2.00. The molecule has 1 atom stereocenters. The van der Waals surface area contributed by atoms with Crippen LogP contribution in [0.25, 0.3) is 5.65 Å². The van der Waals surface area contributed by atoms with Crippen LogP contribution in [0, 0.1) is 0 Å². The molecule has 0 bridgehead atoms. The zero-order chi connectivity index (χ0) is 20.9. The van der Waals surface area contributed by atoms with E-state index < -0.39 is 12.7 Å². The summed E-state index contributed by atoms with van der Waals surface area (Å²) in [4.78, 5) is 9.55. The third-order valence-corrected chi connectivity index (χ3v) is 5.66. The van der Waals surface area contributed by atoms with Crippen LogP contribution in [0.5, 0.6) is 11.5 Å². The lowest BCUT2D eigenvalue weighted by Crippen LogP contribution is -2.03. The number of fused-ring (bicyclic) bond motifs is 1. The van der Waals surface area contributed by atoms with Crippen molar-refractivity contribution < 1.29 is 20.1 Å². The molecule has 0 saturated heterocycles. The minimum atomic E-state index is -1.03. The topological polar surface area (TPSA) is 138 Å². The Bertz CT molecular complexity index is 1130. The van der Waals surface area contributed by atoms with Gasteiger partial charge in [0.1, 0.15) is 18.2 Å². The number of anilines is 2. The molecule has 0 aliphatic heterocycles. The fourth-order valence-electron chi connectivity index (χ4n) is 2.53. The minimum Gasteiger partial charge on any atom is -0.452 e. The Morgan fingerprint density at radius 1 is 1.30 bits per heavy atom. The van der Waals surface area contributed by atoms with Crippen LogP contribution in [0.4, 0.5) is 10.9 Å². The van der Waals surface area contributed by atoms with Gasteiger partial charge in [-0.3, -0.25) is 4.40 Å². The number of hydrogen-bond acceptors (Lipinski definition) is 11. The quantitative estimate of drug-likeness (QED) is 0.283. The number of nitrogens with zero attached hydrogens (tertiary/aromatic N) is 5. The summed E-state index contributed by atoms with van der Waals surface area (Å²) in [7, 11) is 0. The van der Waals surface area contributed by atoms with E-state index in [1.165, 1.54) is 23.1 Å². The molecule has 4 rings (SSSR count). The lowest BCUT2D eigenvalue weighted by molar-refractivity contribution is 0.0928. The molecule has 0 fully saturated rings. The fourth-order valence-corrected chi connectivity index (χ4v) is 3.93. The molecule has 0 aliphatic rings. The maximum atomic E-state index is 9.74. The Balaban J connectivity index is 1.62. The summed E-state index contributed by atoms with van der Waals surface area (Å²) >= 11 is 2.73. The van der Waals surface area contributed by atoms with Crippen LogP contribution in [0.15, 0.2) is 47.2 Å². The van der Waals surface area contributed by atoms with E-state index in [4.69, 9.17) is 14.9 Å². The van der Waals surface area contributed by atoms with E-state index in [0.29, 0.717) is 39.5 Å². The summed E-state index contributed by atoms with van der Waals surface area (Å²) in [6, 6.07) is 5.39. The van der Waals surface area contributed by atoms with Gasteiger partial charge in [0.2, 0.25) is 0 Å². The molecule has 0 aliphatic carbocycles. The highest BCUT2D eigenvalue weighted by Crippen LogP contribution is 2.34. The van der Waals surface area contributed by atoms with Gasteiger partial charge in [0.25, 0.3) is 0 Å². The molecule has 10 nitrogen and oxygen atoms in total. The van der Waals surface area contributed by atoms with Gasteiger partial charge in [-0.15, -0.1) is 33.3 Å². The molecule has 4 aromatic rings. The molecule has 156 valence electrons. The Hall–Kier alpha value is -2.77. The smallest absolute Gasteiger partial charge is 0.188 e. The second-order valence-corrected chi connectivity index (χ2v) is 8.08. The van der Waals surface area contributed by atoms with Gasteiger partial charge in [-0.05, 0) is 18.2 Å². The van der Waals surface area contributed by atoms with Gasteiger partial charge in [-0.2, -0.15) is 0 Å². The van der Waals surface area contributed by atoms with Crippen molar-refractivity contribution in [3.8, 4) is 11.5 Å². The van der Waals surface area contributed by atoms with Crippen molar-refractivity contribution in [3.05, 3.63) is 48.0 Å². The highest BCUT2D eigenvalue weighted by Gasteiger charge is 2.14. The van der Waals surface area contributed by atoms with E-state index in [1.807, 2.05) is 6.07 Å². The van der Waals surface area contributed by atoms with E-state index in [2.05, 4.69) is 25.5 Å². The van der Waals surface area contributed by atoms with Crippen LogP contribution in [0.2, 0.25) is 0 Å². The second-order valence-electron chi connectivity index (χ2n) is 6.05. The van der Waals surface area contributed by atoms with Gasteiger partial charge in [0, 0.05) is 22.2 Å². The lowest BCUT2D eigenvalue weighted by Gasteiger charge is -2.12. The average Bonchev–Trinajstić information content (AvgIpc) is 3.42. The predicted molar refractivity (Wildman–Crippen MR) is 113 cm³/mol. The van der Waals surface area contributed by atoms with Crippen molar-refractivity contribution in [2.75, 3.05) is 24.3 Å². The van der Waals surface area contributed by atoms with Gasteiger partial charge in [0.15, 0.2) is 22.3 Å². The standard InChI is InChI=1S/C18H18N6O4S2/c25-3-4-29-12-5-15(28-11-1-2-16-23-20-10-24(16)7-11)17(19-6-12)22-18-21-13(9-30-18)14(27)8-26/h1-2,5-7,9-10,14,25-27H,3-4,8H2,(H,19,21,22). The van der Waals surface area contributed by atoms with Crippen molar-refractivity contribution in [1.82, 2.24) is 24.6 Å². The van der Waals surface area contributed by atoms with Gasteiger partial charge in [-0.25, -0.2) is 9.97 Å². The van der Waals surface area contributed by atoms with E-state index in [1.54, 1.807) is 40.6 Å². The van der Waals surface area contributed by atoms with Crippen LogP contribution in [0.3, 0.4) is 0 Å². The first-order valence-electron chi connectivity index (χ1n) is 8.88. The molecule has 0 aromatic carbocycles. The van der Waals surface area contributed by atoms with Crippen LogP contribution < -0.4 is 10.1 Å². The molecule has 30 heavy (non-hydrogen) atoms. The first-order chi connectivity index (χ1) is 14.7. The monoisotopic (exact) mass is 446 g/mol. The van der Waals surface area contributed by atoms with Gasteiger partial charge < -0.3 is 25.4 Å². The predicted octanol–water partition coefficient (Wildman–Crippen LogP) is 2.23. The molecule has 4 heterocycles. The number of aromatic nitrogens is 5. The number of aliphatic hydroxyl groups excluding tert-OH is 3. The molecule has 0 spiro atoms. The lowest BCUT2D eigenvalue weighted by atomic mass is 10.3. The number of aliphatic hydroxyl groups is 3. The Morgan fingerprint density at radius 3 is 3.03 bits per heavy atom. The third kappa shape index (κ3) is 4.68. The summed E-state index contributed by atoms with van der Waals surface area (Å²) in [6.07, 6.45) is 3.98. The number of ether oxygens (including phenoxy) is 1. The first kappa shape index (κ1) is 20.5. The zero-order valence-corrected chi connectivity index (χ0v) is 17.2. The Morgan fingerprint density at radius 2 is 2.20 bits per heavy atom. The normalized spacial score (nSPS) is 12.2. The maximum Gasteiger partial charge on any atom is 0.188 e. The largest absolute Gasteiger partial charge is 0.452 e. The molecule has 1 unspecified atom stereocenters. The van der Waals surface area contributed by atoms with Crippen molar-refractivity contribution >= 4 is 39.7 Å². The molecule has 0 radical (unpaired) electrons. The summed E-state index contributed by atoms with van der Waals surface area (Å²) in [5, 5.41) is 41.0. The highest BCUT2D eigenvalue weighted by atomic mass is 32.2. The number of nitrogens with one attached hydrogen (secondary N) is 1. The van der Waals surface area contributed by atoms with Crippen molar-refractivity contribution in [3.63, 3.8) is 0 Å². The van der Waals surface area contributed by atoms with Crippen molar-refractivity contribution in [1.29, 1.82) is 0 Å². The summed E-state index contributed by atoms with van der Waals surface area (Å²) < 4.78 is 7.81. The first-order valence-corrected chi connectivity index (χ1v) is 10.7. The number of rotatable bonds is 9. The van der Waals surface area contributed by atoms with Crippen LogP contribution in [-0.4, -0.2) is 58.9 Å². The number of hydrogen-bond donors (Lipinski definition) is 4. The summed E-state index contributed by atoms with van der Waals surface area (Å²) in [6.45, 7) is -0.349. The average molecular weight is 447 g/mol. The van der Waals surface area contributed by atoms with E-state index in [9.17, 15) is 5.11 Å². The van der Waals surface area contributed by atoms with E-state index in [-0.39, 0.29) is 6.61 Å². The van der Waals surface area contributed by atoms with Crippen LogP contribution >= 0.6 is 23.1 Å². The van der Waals surface area contributed by atoms with Gasteiger partial charge >= 0.3 is 0 Å². The molecular formula is C18H18N6O4S2. The van der Waals surface area contributed by atoms with E-state index >= 15 is 0 Å². The Labute approximate surface area is 179 Å². The maximum absolute atomic E-state index is 9.74. The fraction of sp³-hybridized carbons (Fsp3) is 0.222. The molecule has 4 aromatic heterocycles. The molecular weight excluding hydrogens is 428 g/mol. The third-order valence-electron chi connectivity index (χ3n) is 3.94. The molecule has 0 amide bonds. The van der Waals surface area contributed by atoms with Crippen molar-refractivity contribution in [2.24, 2.45) is 0 Å². The SMILES string of the molecule is OCCSc1cnc(Nc2nc(C(O)CO)cs2)c(Oc2ccc3nncn3c2)c1. The summed E-state index contributed by atoms with van der Waals surface area (Å²) in [5.41, 5.74) is 1.07. The number of pyridine rings is 2. The minimum absolute atomic E-state index is 0.0558. The van der Waals surface area contributed by atoms with Crippen LogP contribution in [-0.2, 0) is 0 Å². The van der Waals surface area contributed by atoms with E-state index in [0.717, 1.165) is 4.90 Å². The van der Waals surface area contributed by atoms with Crippen LogP contribution in [0.1, 0.15) is 11.8 Å². The molecule has 4 N–H and O–H groups in total. The van der Waals surface area contributed by atoms with Gasteiger partial charge in [-0.1, -0.05) is 0 Å². The highest BCUT2D eigenvalue weighted by molar-refractivity contribution is 7.99. The molecule has 12 heteroatoms. The zero-order valence-electron chi connectivity index (χ0n) is 15.5. The number of thioether (sulfide) groups is 1.